The van der Waals surface area contributed by atoms with Gasteiger partial charge in [-0.05, 0) is 24.0 Å². The van der Waals surface area contributed by atoms with E-state index in [0.29, 0.717) is 36.8 Å². The molecular formula is C16H24N2O3. The molecule has 1 atom stereocenters. The zero-order valence-electron chi connectivity index (χ0n) is 12.9. The minimum absolute atomic E-state index is 0.0642. The van der Waals surface area contributed by atoms with Crippen molar-refractivity contribution in [1.82, 2.24) is 5.32 Å². The Balaban J connectivity index is 1.98. The fourth-order valence-corrected chi connectivity index (χ4v) is 2.43. The molecular weight excluding hydrogens is 268 g/mol. The van der Waals surface area contributed by atoms with E-state index in [4.69, 9.17) is 15.2 Å². The van der Waals surface area contributed by atoms with E-state index in [-0.39, 0.29) is 17.4 Å². The first kappa shape index (κ1) is 15.6. The number of rotatable bonds is 4. The second kappa shape index (κ2) is 6.35. The molecule has 0 aromatic heterocycles. The van der Waals surface area contributed by atoms with Gasteiger partial charge in [-0.3, -0.25) is 4.79 Å². The van der Waals surface area contributed by atoms with Crippen LogP contribution in [-0.4, -0.2) is 31.7 Å². The monoisotopic (exact) mass is 292 g/mol. The first-order valence-corrected chi connectivity index (χ1v) is 7.29. The molecule has 116 valence electrons. The number of nitrogens with two attached hydrogens (primary N) is 1. The molecule has 0 spiro atoms. The second-order valence-corrected chi connectivity index (χ2v) is 6.56. The van der Waals surface area contributed by atoms with Crippen LogP contribution >= 0.6 is 0 Å². The van der Waals surface area contributed by atoms with Gasteiger partial charge in [0.1, 0.15) is 13.2 Å². The molecule has 0 radical (unpaired) electrons. The number of carbonyl (C=O) groups is 1. The lowest BCUT2D eigenvalue weighted by Crippen LogP contribution is -2.39. The average molecular weight is 292 g/mol. The largest absolute Gasteiger partial charge is 0.486 e. The van der Waals surface area contributed by atoms with Crippen molar-refractivity contribution in [1.29, 1.82) is 0 Å². The van der Waals surface area contributed by atoms with Crippen LogP contribution in [0.3, 0.4) is 0 Å². The Kier molecular flexibility index (Phi) is 4.73. The van der Waals surface area contributed by atoms with Crippen molar-refractivity contribution in [2.45, 2.75) is 33.2 Å². The Morgan fingerprint density at radius 1 is 1.33 bits per heavy atom. The Morgan fingerprint density at radius 2 is 2.05 bits per heavy atom. The van der Waals surface area contributed by atoms with E-state index in [1.54, 1.807) is 18.2 Å². The highest BCUT2D eigenvalue weighted by Crippen LogP contribution is 2.33. The van der Waals surface area contributed by atoms with Gasteiger partial charge in [-0.15, -0.1) is 0 Å². The Morgan fingerprint density at radius 3 is 2.76 bits per heavy atom. The maximum absolute atomic E-state index is 12.3. The summed E-state index contributed by atoms with van der Waals surface area (Å²) in [5.74, 6) is 0.959. The Hall–Kier alpha value is -1.75. The van der Waals surface area contributed by atoms with Gasteiger partial charge in [0.05, 0.1) is 5.56 Å². The highest BCUT2D eigenvalue weighted by atomic mass is 16.6. The summed E-state index contributed by atoms with van der Waals surface area (Å²) in [4.78, 5) is 12.3. The van der Waals surface area contributed by atoms with Gasteiger partial charge in [-0.1, -0.05) is 26.8 Å². The number of nitrogens with one attached hydrogen (secondary N) is 1. The number of amides is 1. The van der Waals surface area contributed by atoms with Crippen molar-refractivity contribution < 1.29 is 14.3 Å². The zero-order chi connectivity index (χ0) is 15.5. The van der Waals surface area contributed by atoms with Gasteiger partial charge in [0.25, 0.3) is 5.91 Å². The fraction of sp³-hybridized carbons (Fsp3) is 0.562. The van der Waals surface area contributed by atoms with E-state index in [1.807, 2.05) is 0 Å². The van der Waals surface area contributed by atoms with Crippen molar-refractivity contribution in [3.05, 3.63) is 23.8 Å². The van der Waals surface area contributed by atoms with Crippen LogP contribution < -0.4 is 20.5 Å². The van der Waals surface area contributed by atoms with Crippen LogP contribution in [0.4, 0.5) is 0 Å². The summed E-state index contributed by atoms with van der Waals surface area (Å²) in [5, 5.41) is 2.87. The van der Waals surface area contributed by atoms with E-state index in [2.05, 4.69) is 26.1 Å². The normalized spacial score (nSPS) is 15.4. The molecule has 0 bridgehead atoms. The molecule has 1 amide bonds. The van der Waals surface area contributed by atoms with Gasteiger partial charge in [0.15, 0.2) is 11.5 Å². The van der Waals surface area contributed by atoms with Crippen LogP contribution in [0.5, 0.6) is 11.5 Å². The number of carbonyl (C=O) groups excluding carboxylic acids is 1. The van der Waals surface area contributed by atoms with Crippen LogP contribution in [0.15, 0.2) is 18.2 Å². The third kappa shape index (κ3) is 4.36. The van der Waals surface area contributed by atoms with Crippen LogP contribution in [-0.2, 0) is 0 Å². The lowest BCUT2D eigenvalue weighted by Gasteiger charge is -2.24. The molecule has 1 unspecified atom stereocenters. The molecule has 0 saturated heterocycles. The van der Waals surface area contributed by atoms with Gasteiger partial charge >= 0.3 is 0 Å². The molecule has 5 nitrogen and oxygen atoms in total. The van der Waals surface area contributed by atoms with E-state index >= 15 is 0 Å². The summed E-state index contributed by atoms with van der Waals surface area (Å²) in [6.45, 7) is 7.81. The van der Waals surface area contributed by atoms with E-state index in [9.17, 15) is 4.79 Å². The maximum atomic E-state index is 12.3. The van der Waals surface area contributed by atoms with Crippen molar-refractivity contribution in [2.75, 3.05) is 19.8 Å². The predicted octanol–water partition coefficient (Wildman–Crippen LogP) is 1.95. The molecule has 1 aliphatic heterocycles. The number of fused-ring (bicyclic) bond motifs is 1. The first-order chi connectivity index (χ1) is 9.87. The molecule has 21 heavy (non-hydrogen) atoms. The topological polar surface area (TPSA) is 73.6 Å². The van der Waals surface area contributed by atoms with Gasteiger partial charge in [0.2, 0.25) is 0 Å². The van der Waals surface area contributed by atoms with Crippen molar-refractivity contribution in [3.63, 3.8) is 0 Å². The number of para-hydroxylation sites is 1. The van der Waals surface area contributed by atoms with Crippen molar-refractivity contribution >= 4 is 5.91 Å². The van der Waals surface area contributed by atoms with Gasteiger partial charge in [-0.2, -0.15) is 0 Å². The zero-order valence-corrected chi connectivity index (χ0v) is 12.9. The average Bonchev–Trinajstić information content (AvgIpc) is 2.42. The van der Waals surface area contributed by atoms with E-state index in [0.717, 1.165) is 6.42 Å². The van der Waals surface area contributed by atoms with Crippen molar-refractivity contribution in [2.24, 2.45) is 11.1 Å². The molecule has 1 aromatic rings. The van der Waals surface area contributed by atoms with Gasteiger partial charge < -0.3 is 20.5 Å². The lowest BCUT2D eigenvalue weighted by atomic mass is 9.88. The number of hydrogen-bond donors (Lipinski definition) is 2. The lowest BCUT2D eigenvalue weighted by molar-refractivity contribution is 0.0937. The summed E-state index contributed by atoms with van der Waals surface area (Å²) < 4.78 is 11.0. The molecule has 0 saturated carbocycles. The van der Waals surface area contributed by atoms with Crippen LogP contribution in [0.25, 0.3) is 0 Å². The Labute approximate surface area is 125 Å². The fourth-order valence-electron chi connectivity index (χ4n) is 2.43. The smallest absolute Gasteiger partial charge is 0.255 e. The highest BCUT2D eigenvalue weighted by molar-refractivity contribution is 5.97. The molecule has 2 rings (SSSR count). The summed E-state index contributed by atoms with van der Waals surface area (Å²) >= 11 is 0. The van der Waals surface area contributed by atoms with E-state index in [1.165, 1.54) is 0 Å². The molecule has 0 aliphatic carbocycles. The summed E-state index contributed by atoms with van der Waals surface area (Å²) in [7, 11) is 0. The summed E-state index contributed by atoms with van der Waals surface area (Å²) in [6, 6.07) is 5.26. The SMILES string of the molecule is CC(C)(C)CC(N)CNC(=O)c1cccc2c1OCCO2. The highest BCUT2D eigenvalue weighted by Gasteiger charge is 2.21. The maximum Gasteiger partial charge on any atom is 0.255 e. The quantitative estimate of drug-likeness (QED) is 0.889. The third-order valence-electron chi connectivity index (χ3n) is 3.21. The van der Waals surface area contributed by atoms with Crippen molar-refractivity contribution in [3.8, 4) is 11.5 Å². The number of hydrogen-bond acceptors (Lipinski definition) is 4. The van der Waals surface area contributed by atoms with Crippen LogP contribution in [0, 0.1) is 5.41 Å². The summed E-state index contributed by atoms with van der Waals surface area (Å²) in [6.07, 6.45) is 0.847. The minimum atomic E-state index is -0.179. The first-order valence-electron chi connectivity index (χ1n) is 7.29. The minimum Gasteiger partial charge on any atom is -0.486 e. The molecule has 1 aliphatic rings. The van der Waals surface area contributed by atoms with Gasteiger partial charge in [0, 0.05) is 12.6 Å². The molecule has 5 heteroatoms. The Bertz CT molecular complexity index is 509. The van der Waals surface area contributed by atoms with Crippen LogP contribution in [0.1, 0.15) is 37.6 Å². The predicted molar refractivity (Wildman–Crippen MR) is 81.8 cm³/mol. The van der Waals surface area contributed by atoms with E-state index < -0.39 is 0 Å². The molecule has 1 heterocycles. The summed E-state index contributed by atoms with van der Waals surface area (Å²) in [5.41, 5.74) is 6.69. The molecule has 0 fully saturated rings. The van der Waals surface area contributed by atoms with Crippen LogP contribution in [0.2, 0.25) is 0 Å². The third-order valence-corrected chi connectivity index (χ3v) is 3.21. The van der Waals surface area contributed by atoms with Gasteiger partial charge in [-0.25, -0.2) is 0 Å². The molecule has 1 aromatic carbocycles. The number of benzene rings is 1. The standard InChI is InChI=1S/C16H24N2O3/c1-16(2,3)9-11(17)10-18-15(19)12-5-4-6-13-14(12)21-8-7-20-13/h4-6,11H,7-10,17H2,1-3H3,(H,18,19). The number of ether oxygens (including phenoxy) is 2. The second-order valence-electron chi connectivity index (χ2n) is 6.56. The molecule has 3 N–H and O–H groups in total.